The highest BCUT2D eigenvalue weighted by Crippen LogP contribution is 1.96. The first-order chi connectivity index (χ1) is 6.33. The molecule has 0 spiro atoms. The molecular formula is C9H12N2O2. The highest BCUT2D eigenvalue weighted by atomic mass is 16.3. The third-order valence-electron chi connectivity index (χ3n) is 1.54. The van der Waals surface area contributed by atoms with Gasteiger partial charge >= 0.3 is 6.03 Å². The molecule has 0 unspecified atom stereocenters. The lowest BCUT2D eigenvalue weighted by atomic mass is 10.2. The summed E-state index contributed by atoms with van der Waals surface area (Å²) in [5, 5.41) is 13.2. The van der Waals surface area contributed by atoms with Gasteiger partial charge in [0.1, 0.15) is 6.73 Å². The number of nitrogens with one attached hydrogen (secondary N) is 2. The van der Waals surface area contributed by atoms with Gasteiger partial charge in [0.15, 0.2) is 0 Å². The van der Waals surface area contributed by atoms with Crippen molar-refractivity contribution < 1.29 is 9.90 Å². The summed E-state index contributed by atoms with van der Waals surface area (Å²) in [6.45, 7) is 0.118. The van der Waals surface area contributed by atoms with E-state index in [0.717, 1.165) is 5.56 Å². The molecule has 2 amide bonds. The third kappa shape index (κ3) is 3.57. The Kier molecular flexibility index (Phi) is 3.78. The molecule has 1 rings (SSSR count). The van der Waals surface area contributed by atoms with Crippen molar-refractivity contribution in [1.82, 2.24) is 10.6 Å². The van der Waals surface area contributed by atoms with Gasteiger partial charge in [-0.1, -0.05) is 30.3 Å². The Bertz CT molecular complexity index is 262. The first-order valence-electron chi connectivity index (χ1n) is 3.99. The van der Waals surface area contributed by atoms with Gasteiger partial charge < -0.3 is 15.7 Å². The van der Waals surface area contributed by atoms with E-state index >= 15 is 0 Å². The van der Waals surface area contributed by atoms with E-state index in [4.69, 9.17) is 5.11 Å². The Morgan fingerprint density at radius 3 is 2.54 bits per heavy atom. The Balaban J connectivity index is 2.31. The van der Waals surface area contributed by atoms with Crippen molar-refractivity contribution in [1.29, 1.82) is 0 Å². The van der Waals surface area contributed by atoms with Crippen LogP contribution in [0.15, 0.2) is 30.3 Å². The van der Waals surface area contributed by atoms with E-state index in [-0.39, 0.29) is 12.8 Å². The number of aliphatic hydroxyl groups is 1. The smallest absolute Gasteiger partial charge is 0.316 e. The van der Waals surface area contributed by atoms with E-state index in [1.165, 1.54) is 0 Å². The van der Waals surface area contributed by atoms with E-state index in [9.17, 15) is 4.79 Å². The molecule has 3 N–H and O–H groups in total. The van der Waals surface area contributed by atoms with Crippen LogP contribution >= 0.6 is 0 Å². The monoisotopic (exact) mass is 180 g/mol. The van der Waals surface area contributed by atoms with E-state index < -0.39 is 0 Å². The minimum Gasteiger partial charge on any atom is -0.376 e. The maximum absolute atomic E-state index is 10.8. The van der Waals surface area contributed by atoms with Gasteiger partial charge in [-0.2, -0.15) is 0 Å². The number of benzene rings is 1. The summed E-state index contributed by atoms with van der Waals surface area (Å²) < 4.78 is 0. The Hall–Kier alpha value is -1.55. The van der Waals surface area contributed by atoms with Crippen LogP contribution in [0, 0.1) is 0 Å². The summed E-state index contributed by atoms with van der Waals surface area (Å²) in [6, 6.07) is 9.18. The van der Waals surface area contributed by atoms with Gasteiger partial charge in [0.05, 0.1) is 0 Å². The van der Waals surface area contributed by atoms with Crippen molar-refractivity contribution in [2.45, 2.75) is 6.54 Å². The van der Waals surface area contributed by atoms with E-state index in [0.29, 0.717) is 6.54 Å². The molecule has 0 bridgehead atoms. The van der Waals surface area contributed by atoms with Crippen molar-refractivity contribution in [3.63, 3.8) is 0 Å². The molecule has 4 nitrogen and oxygen atoms in total. The molecule has 0 saturated carbocycles. The van der Waals surface area contributed by atoms with Crippen molar-refractivity contribution in [2.75, 3.05) is 6.73 Å². The maximum atomic E-state index is 10.8. The van der Waals surface area contributed by atoms with Gasteiger partial charge in [0, 0.05) is 6.54 Å². The van der Waals surface area contributed by atoms with Gasteiger partial charge in [-0.05, 0) is 5.56 Å². The lowest BCUT2D eigenvalue weighted by Gasteiger charge is -2.04. The van der Waals surface area contributed by atoms with Gasteiger partial charge in [-0.15, -0.1) is 0 Å². The lowest BCUT2D eigenvalue weighted by Crippen LogP contribution is -2.35. The molecule has 0 aromatic heterocycles. The summed E-state index contributed by atoms with van der Waals surface area (Å²) in [4.78, 5) is 10.8. The average Bonchev–Trinajstić information content (AvgIpc) is 2.17. The summed E-state index contributed by atoms with van der Waals surface area (Å²) in [6.07, 6.45) is 0. The zero-order valence-corrected chi connectivity index (χ0v) is 7.16. The second-order valence-electron chi connectivity index (χ2n) is 2.50. The molecule has 0 heterocycles. The van der Waals surface area contributed by atoms with Crippen LogP contribution in [0.1, 0.15) is 5.56 Å². The topological polar surface area (TPSA) is 61.4 Å². The van der Waals surface area contributed by atoms with E-state index in [1.54, 1.807) is 0 Å². The summed E-state index contributed by atoms with van der Waals surface area (Å²) in [5.74, 6) is 0. The zero-order valence-electron chi connectivity index (χ0n) is 7.16. The minimum absolute atomic E-state index is 0.347. The molecule has 0 aliphatic carbocycles. The number of urea groups is 1. The fourth-order valence-electron chi connectivity index (χ4n) is 0.913. The molecule has 0 aliphatic heterocycles. The molecular weight excluding hydrogens is 168 g/mol. The SMILES string of the molecule is O=C(NCO)NCc1ccccc1. The number of hydrogen-bond acceptors (Lipinski definition) is 2. The number of carbonyl (C=O) groups excluding carboxylic acids is 1. The second kappa shape index (κ2) is 5.16. The quantitative estimate of drug-likeness (QED) is 0.591. The fraction of sp³-hybridized carbons (Fsp3) is 0.222. The first-order valence-corrected chi connectivity index (χ1v) is 3.99. The standard InChI is InChI=1S/C9H12N2O2/c12-7-11-9(13)10-6-8-4-2-1-3-5-8/h1-5,12H,6-7H2,(H2,10,11,13). The largest absolute Gasteiger partial charge is 0.376 e. The highest BCUT2D eigenvalue weighted by Gasteiger charge is 1.96. The summed E-state index contributed by atoms with van der Waals surface area (Å²) in [7, 11) is 0. The molecule has 0 aliphatic rings. The van der Waals surface area contributed by atoms with Crippen molar-refractivity contribution in [2.24, 2.45) is 0 Å². The van der Waals surface area contributed by atoms with Crippen molar-refractivity contribution >= 4 is 6.03 Å². The number of amides is 2. The van der Waals surface area contributed by atoms with Crippen LogP contribution in [-0.4, -0.2) is 17.9 Å². The van der Waals surface area contributed by atoms with Crippen LogP contribution in [0.25, 0.3) is 0 Å². The molecule has 13 heavy (non-hydrogen) atoms. The Labute approximate surface area is 76.6 Å². The van der Waals surface area contributed by atoms with Crippen LogP contribution in [0.3, 0.4) is 0 Å². The molecule has 70 valence electrons. The van der Waals surface area contributed by atoms with Crippen LogP contribution in [0.2, 0.25) is 0 Å². The van der Waals surface area contributed by atoms with Gasteiger partial charge in [-0.25, -0.2) is 4.79 Å². The van der Waals surface area contributed by atoms with E-state index in [2.05, 4.69) is 10.6 Å². The zero-order chi connectivity index (χ0) is 9.52. The average molecular weight is 180 g/mol. The molecule has 1 aromatic rings. The molecule has 0 saturated heterocycles. The van der Waals surface area contributed by atoms with E-state index in [1.807, 2.05) is 30.3 Å². The predicted octanol–water partition coefficient (Wildman–Crippen LogP) is 0.436. The maximum Gasteiger partial charge on any atom is 0.316 e. The Morgan fingerprint density at radius 1 is 1.23 bits per heavy atom. The molecule has 0 fully saturated rings. The second-order valence-corrected chi connectivity index (χ2v) is 2.50. The molecule has 0 atom stereocenters. The van der Waals surface area contributed by atoms with Gasteiger partial charge in [0.2, 0.25) is 0 Å². The molecule has 4 heteroatoms. The molecule has 0 radical (unpaired) electrons. The summed E-state index contributed by atoms with van der Waals surface area (Å²) >= 11 is 0. The minimum atomic E-state index is -0.369. The van der Waals surface area contributed by atoms with Crippen LogP contribution in [0.4, 0.5) is 4.79 Å². The van der Waals surface area contributed by atoms with Crippen molar-refractivity contribution in [3.05, 3.63) is 35.9 Å². The van der Waals surface area contributed by atoms with Crippen molar-refractivity contribution in [3.8, 4) is 0 Å². The number of rotatable bonds is 3. The first kappa shape index (κ1) is 9.54. The third-order valence-corrected chi connectivity index (χ3v) is 1.54. The van der Waals surface area contributed by atoms with Crippen LogP contribution in [0.5, 0.6) is 0 Å². The summed E-state index contributed by atoms with van der Waals surface area (Å²) in [5.41, 5.74) is 1.02. The number of carbonyl (C=O) groups is 1. The van der Waals surface area contributed by atoms with Crippen LogP contribution < -0.4 is 10.6 Å². The number of hydrogen-bond donors (Lipinski definition) is 3. The fourth-order valence-corrected chi connectivity index (χ4v) is 0.913. The predicted molar refractivity (Wildman–Crippen MR) is 48.9 cm³/mol. The molecule has 1 aromatic carbocycles. The number of aliphatic hydroxyl groups excluding tert-OH is 1. The highest BCUT2D eigenvalue weighted by molar-refractivity contribution is 5.73. The normalized spacial score (nSPS) is 9.31. The Morgan fingerprint density at radius 2 is 1.92 bits per heavy atom. The van der Waals surface area contributed by atoms with Crippen LogP contribution in [-0.2, 0) is 6.54 Å². The van der Waals surface area contributed by atoms with Gasteiger partial charge in [0.25, 0.3) is 0 Å². The lowest BCUT2D eigenvalue weighted by molar-refractivity contribution is 0.217. The van der Waals surface area contributed by atoms with Gasteiger partial charge in [-0.3, -0.25) is 0 Å².